The Kier molecular flexibility index (Phi) is 3.87. The molecule has 1 heterocycles. The first kappa shape index (κ1) is 15.4. The number of piperidine rings is 1. The molecule has 3 atom stereocenters. The Bertz CT molecular complexity index is 600. The molecule has 1 aromatic carbocycles. The lowest BCUT2D eigenvalue weighted by molar-refractivity contribution is 0.00285. The molecule has 0 aromatic heterocycles. The van der Waals surface area contributed by atoms with Crippen LogP contribution in [0.15, 0.2) is 12.1 Å². The SMILES string of the molecule is Cc1cc2c(cc1NCCF)C[C@H]1[C@H]3CCCC[C@@]23CCN1C. The van der Waals surface area contributed by atoms with E-state index in [9.17, 15) is 4.39 Å². The van der Waals surface area contributed by atoms with Crippen molar-refractivity contribution in [3.63, 3.8) is 0 Å². The molecule has 2 aliphatic carbocycles. The number of nitrogens with one attached hydrogen (secondary N) is 1. The molecule has 0 spiro atoms. The Morgan fingerprint density at radius 2 is 2.17 bits per heavy atom. The summed E-state index contributed by atoms with van der Waals surface area (Å²) in [6.45, 7) is 3.52. The first-order valence-corrected chi connectivity index (χ1v) is 9.30. The number of halogens is 1. The van der Waals surface area contributed by atoms with Gasteiger partial charge in [-0.2, -0.15) is 0 Å². The van der Waals surface area contributed by atoms with E-state index in [1.165, 1.54) is 56.2 Å². The van der Waals surface area contributed by atoms with Crippen LogP contribution in [0.1, 0.15) is 48.8 Å². The zero-order chi connectivity index (χ0) is 16.0. The molecule has 2 nitrogen and oxygen atoms in total. The van der Waals surface area contributed by atoms with Crippen molar-refractivity contribution in [1.29, 1.82) is 0 Å². The number of benzene rings is 1. The van der Waals surface area contributed by atoms with Gasteiger partial charge in [0.05, 0.1) is 0 Å². The van der Waals surface area contributed by atoms with Crippen molar-refractivity contribution < 1.29 is 4.39 Å². The fraction of sp³-hybridized carbons (Fsp3) is 0.700. The molecule has 4 rings (SSSR count). The Hall–Kier alpha value is -1.09. The second-order valence-corrected chi connectivity index (χ2v) is 7.95. The van der Waals surface area contributed by atoms with Gasteiger partial charge in [0.1, 0.15) is 6.67 Å². The number of anilines is 1. The van der Waals surface area contributed by atoms with Gasteiger partial charge in [-0.25, -0.2) is 4.39 Å². The Morgan fingerprint density at radius 3 is 3.00 bits per heavy atom. The van der Waals surface area contributed by atoms with Crippen LogP contribution < -0.4 is 5.32 Å². The maximum atomic E-state index is 12.5. The van der Waals surface area contributed by atoms with E-state index in [0.29, 0.717) is 18.0 Å². The zero-order valence-corrected chi connectivity index (χ0v) is 14.5. The number of aryl methyl sites for hydroxylation is 1. The second kappa shape index (κ2) is 5.77. The molecule has 3 aliphatic rings. The molecule has 1 saturated heterocycles. The van der Waals surface area contributed by atoms with Crippen molar-refractivity contribution in [2.24, 2.45) is 5.92 Å². The number of hydrogen-bond donors (Lipinski definition) is 1. The molecule has 0 radical (unpaired) electrons. The van der Waals surface area contributed by atoms with Crippen molar-refractivity contribution in [3.8, 4) is 0 Å². The largest absolute Gasteiger partial charge is 0.382 e. The van der Waals surface area contributed by atoms with E-state index in [1.807, 2.05) is 0 Å². The highest BCUT2D eigenvalue weighted by Crippen LogP contribution is 2.56. The smallest absolute Gasteiger partial charge is 0.107 e. The van der Waals surface area contributed by atoms with Crippen molar-refractivity contribution in [3.05, 3.63) is 28.8 Å². The minimum Gasteiger partial charge on any atom is -0.382 e. The van der Waals surface area contributed by atoms with E-state index in [1.54, 1.807) is 5.56 Å². The fourth-order valence-corrected chi connectivity index (χ4v) is 5.74. The molecule has 1 aromatic rings. The van der Waals surface area contributed by atoms with E-state index in [4.69, 9.17) is 0 Å². The number of hydrogen-bond acceptors (Lipinski definition) is 2. The molecule has 1 aliphatic heterocycles. The maximum absolute atomic E-state index is 12.5. The maximum Gasteiger partial charge on any atom is 0.107 e. The van der Waals surface area contributed by atoms with Gasteiger partial charge in [0, 0.05) is 23.7 Å². The van der Waals surface area contributed by atoms with Gasteiger partial charge in [-0.3, -0.25) is 0 Å². The van der Waals surface area contributed by atoms with Crippen LogP contribution >= 0.6 is 0 Å². The number of likely N-dealkylation sites (N-methyl/N-ethyl adjacent to an activating group) is 1. The van der Waals surface area contributed by atoms with Crippen LogP contribution in [0.2, 0.25) is 0 Å². The Morgan fingerprint density at radius 1 is 1.30 bits per heavy atom. The summed E-state index contributed by atoms with van der Waals surface area (Å²) < 4.78 is 12.5. The minimum absolute atomic E-state index is 0.312. The third-order valence-electron chi connectivity index (χ3n) is 6.86. The van der Waals surface area contributed by atoms with Gasteiger partial charge >= 0.3 is 0 Å². The van der Waals surface area contributed by atoms with Crippen LogP contribution in [0.25, 0.3) is 0 Å². The summed E-state index contributed by atoms with van der Waals surface area (Å²) in [4.78, 5) is 2.60. The Labute approximate surface area is 139 Å². The van der Waals surface area contributed by atoms with E-state index >= 15 is 0 Å². The molecule has 1 saturated carbocycles. The fourth-order valence-electron chi connectivity index (χ4n) is 5.74. The molecule has 126 valence electrons. The number of nitrogens with zero attached hydrogens (tertiary/aromatic N) is 1. The van der Waals surface area contributed by atoms with E-state index in [-0.39, 0.29) is 6.67 Å². The van der Waals surface area contributed by atoms with E-state index < -0.39 is 0 Å². The zero-order valence-electron chi connectivity index (χ0n) is 14.5. The molecule has 1 N–H and O–H groups in total. The van der Waals surface area contributed by atoms with Crippen molar-refractivity contribution in [1.82, 2.24) is 4.90 Å². The molecule has 0 unspecified atom stereocenters. The quantitative estimate of drug-likeness (QED) is 0.904. The Balaban J connectivity index is 1.79. The lowest BCUT2D eigenvalue weighted by Crippen LogP contribution is -2.59. The highest BCUT2D eigenvalue weighted by atomic mass is 19.1. The van der Waals surface area contributed by atoms with Crippen molar-refractivity contribution in [2.45, 2.75) is 56.9 Å². The molecule has 23 heavy (non-hydrogen) atoms. The summed E-state index contributed by atoms with van der Waals surface area (Å²) in [5, 5.41) is 3.27. The van der Waals surface area contributed by atoms with Gasteiger partial charge in [0.25, 0.3) is 0 Å². The number of fused-ring (bicyclic) bond motifs is 1. The number of likely N-dealkylation sites (tertiary alicyclic amines) is 1. The summed E-state index contributed by atoms with van der Waals surface area (Å²) in [7, 11) is 2.31. The monoisotopic (exact) mass is 316 g/mol. The summed E-state index contributed by atoms with van der Waals surface area (Å²) in [6, 6.07) is 5.47. The third kappa shape index (κ3) is 2.31. The summed E-state index contributed by atoms with van der Waals surface area (Å²) in [6.07, 6.45) is 8.03. The van der Waals surface area contributed by atoms with Gasteiger partial charge in [-0.05, 0) is 74.9 Å². The summed E-state index contributed by atoms with van der Waals surface area (Å²) in [5.41, 5.74) is 5.99. The summed E-state index contributed by atoms with van der Waals surface area (Å²) >= 11 is 0. The predicted octanol–water partition coefficient (Wildman–Crippen LogP) is 4.06. The van der Waals surface area contributed by atoms with Gasteiger partial charge in [-0.15, -0.1) is 0 Å². The highest BCUT2D eigenvalue weighted by Gasteiger charge is 2.53. The number of rotatable bonds is 3. The summed E-state index contributed by atoms with van der Waals surface area (Å²) in [5.74, 6) is 0.839. The van der Waals surface area contributed by atoms with Crippen molar-refractivity contribution in [2.75, 3.05) is 32.1 Å². The molecule has 2 bridgehead atoms. The third-order valence-corrected chi connectivity index (χ3v) is 6.86. The average Bonchev–Trinajstić information content (AvgIpc) is 2.57. The van der Waals surface area contributed by atoms with Gasteiger partial charge in [-0.1, -0.05) is 18.9 Å². The number of alkyl halides is 1. The van der Waals surface area contributed by atoms with E-state index in [0.717, 1.165) is 11.6 Å². The lowest BCUT2D eigenvalue weighted by Gasteiger charge is -2.58. The van der Waals surface area contributed by atoms with Gasteiger partial charge in [0.2, 0.25) is 0 Å². The van der Waals surface area contributed by atoms with E-state index in [2.05, 4.69) is 36.3 Å². The van der Waals surface area contributed by atoms with Crippen LogP contribution in [0.3, 0.4) is 0 Å². The minimum atomic E-state index is -0.312. The average molecular weight is 316 g/mol. The predicted molar refractivity (Wildman–Crippen MR) is 94.0 cm³/mol. The van der Waals surface area contributed by atoms with Crippen LogP contribution in [0, 0.1) is 12.8 Å². The van der Waals surface area contributed by atoms with Crippen molar-refractivity contribution >= 4 is 5.69 Å². The van der Waals surface area contributed by atoms with Gasteiger partial charge in [0.15, 0.2) is 0 Å². The first-order chi connectivity index (χ1) is 11.2. The molecule has 0 amide bonds. The standard InChI is InChI=1S/C20H29FN2/c1-14-11-17-15(12-18(14)22-9-8-21)13-19-16-5-3-4-6-20(16,17)7-10-23(19)2/h11-12,16,19,22H,3-10,13H2,1-2H3/t16-,19+,20+/m1/s1. The van der Waals surface area contributed by atoms with Crippen LogP contribution in [0.4, 0.5) is 10.1 Å². The second-order valence-electron chi connectivity index (χ2n) is 7.95. The van der Waals surface area contributed by atoms with Gasteiger partial charge < -0.3 is 10.2 Å². The lowest BCUT2D eigenvalue weighted by atomic mass is 9.52. The molecular formula is C20H29FN2. The molecular weight excluding hydrogens is 287 g/mol. The molecule has 2 fully saturated rings. The first-order valence-electron chi connectivity index (χ1n) is 9.30. The van der Waals surface area contributed by atoms with Crippen LogP contribution in [-0.2, 0) is 11.8 Å². The van der Waals surface area contributed by atoms with Crippen LogP contribution in [-0.4, -0.2) is 37.8 Å². The van der Waals surface area contributed by atoms with Crippen LogP contribution in [0.5, 0.6) is 0 Å². The normalized spacial score (nSPS) is 33.0. The highest BCUT2D eigenvalue weighted by molar-refractivity contribution is 5.58. The topological polar surface area (TPSA) is 15.3 Å². The molecule has 3 heteroatoms.